The minimum absolute atomic E-state index is 0.0593. The first-order chi connectivity index (χ1) is 9.40. The van der Waals surface area contributed by atoms with Gasteiger partial charge in [0.25, 0.3) is 0 Å². The highest BCUT2D eigenvalue weighted by Crippen LogP contribution is 2.23. The summed E-state index contributed by atoms with van der Waals surface area (Å²) in [6, 6.07) is 2.09. The molecule has 0 amide bonds. The molecule has 2 N–H and O–H groups in total. The summed E-state index contributed by atoms with van der Waals surface area (Å²) in [4.78, 5) is 14.1. The van der Waals surface area contributed by atoms with E-state index in [-0.39, 0.29) is 5.41 Å². The number of nitrogens with two attached hydrogens (primary N) is 1. The fourth-order valence-corrected chi connectivity index (χ4v) is 2.43. The molecule has 0 spiro atoms. The third-order valence-corrected chi connectivity index (χ3v) is 3.71. The van der Waals surface area contributed by atoms with E-state index >= 15 is 0 Å². The summed E-state index contributed by atoms with van der Waals surface area (Å²) in [5.74, 6) is 0.877. The Balaban J connectivity index is 2.12. The van der Waals surface area contributed by atoms with Crippen LogP contribution in [0.2, 0.25) is 0 Å². The number of anilines is 1. The van der Waals surface area contributed by atoms with E-state index in [0.29, 0.717) is 0 Å². The second-order valence-corrected chi connectivity index (χ2v) is 6.56. The number of nitrogens with zero attached hydrogens (tertiary/aromatic N) is 4. The van der Waals surface area contributed by atoms with E-state index < -0.39 is 0 Å². The van der Waals surface area contributed by atoms with Crippen molar-refractivity contribution in [1.82, 2.24) is 14.9 Å². The van der Waals surface area contributed by atoms with Crippen molar-refractivity contribution in [3.8, 4) is 0 Å². The molecule has 0 bridgehead atoms. The Morgan fingerprint density at radius 1 is 1.15 bits per heavy atom. The predicted molar refractivity (Wildman–Crippen MR) is 83.2 cm³/mol. The summed E-state index contributed by atoms with van der Waals surface area (Å²) in [6.45, 7) is 14.4. The van der Waals surface area contributed by atoms with E-state index in [9.17, 15) is 0 Å². The number of hydrogen-bond acceptors (Lipinski definition) is 5. The first-order valence-electron chi connectivity index (χ1n) is 7.43. The van der Waals surface area contributed by atoms with Crippen LogP contribution in [-0.4, -0.2) is 54.1 Å². The van der Waals surface area contributed by atoms with E-state index in [1.807, 2.05) is 6.92 Å². The van der Waals surface area contributed by atoms with Gasteiger partial charge in [-0.25, -0.2) is 9.97 Å². The van der Waals surface area contributed by atoms with Crippen molar-refractivity contribution in [2.45, 2.75) is 33.1 Å². The normalized spacial score (nSPS) is 17.6. The molecule has 0 unspecified atom stereocenters. The topological polar surface area (TPSA) is 58.3 Å². The molecule has 1 aliphatic heterocycles. The van der Waals surface area contributed by atoms with Gasteiger partial charge in [0.05, 0.1) is 5.69 Å². The van der Waals surface area contributed by atoms with Gasteiger partial charge in [0.1, 0.15) is 0 Å². The minimum atomic E-state index is 0.0593. The molecule has 0 aromatic carbocycles. The molecule has 1 saturated heterocycles. The van der Waals surface area contributed by atoms with Crippen LogP contribution in [0.25, 0.3) is 0 Å². The predicted octanol–water partition coefficient (Wildman–Crippen LogP) is 1.16. The molecule has 0 atom stereocenters. The summed E-state index contributed by atoms with van der Waals surface area (Å²) in [6.07, 6.45) is 0. The molecular formula is C15H27N5. The number of rotatable bonds is 3. The third-order valence-electron chi connectivity index (χ3n) is 3.71. The zero-order valence-electron chi connectivity index (χ0n) is 13.2. The van der Waals surface area contributed by atoms with Gasteiger partial charge in [-0.05, 0) is 13.0 Å². The van der Waals surface area contributed by atoms with Crippen LogP contribution >= 0.6 is 0 Å². The van der Waals surface area contributed by atoms with Crippen molar-refractivity contribution >= 4 is 5.95 Å². The average Bonchev–Trinajstić information content (AvgIpc) is 2.38. The lowest BCUT2D eigenvalue weighted by molar-refractivity contribution is 0.263. The zero-order chi connectivity index (χ0) is 14.8. The molecule has 1 aromatic rings. The van der Waals surface area contributed by atoms with E-state index in [0.717, 1.165) is 56.6 Å². The summed E-state index contributed by atoms with van der Waals surface area (Å²) in [7, 11) is 0. The first-order valence-corrected chi connectivity index (χ1v) is 7.43. The Labute approximate surface area is 122 Å². The smallest absolute Gasteiger partial charge is 0.225 e. The van der Waals surface area contributed by atoms with Gasteiger partial charge in [-0.3, -0.25) is 4.90 Å². The summed E-state index contributed by atoms with van der Waals surface area (Å²) in [5.41, 5.74) is 7.83. The SMILES string of the molecule is Cc1cc(C(C)(C)C)nc(N2CCN(CCN)CC2)n1. The van der Waals surface area contributed by atoms with Gasteiger partial charge < -0.3 is 10.6 Å². The van der Waals surface area contributed by atoms with Gasteiger partial charge in [0.2, 0.25) is 5.95 Å². The fourth-order valence-electron chi connectivity index (χ4n) is 2.43. The van der Waals surface area contributed by atoms with Crippen LogP contribution < -0.4 is 10.6 Å². The van der Waals surface area contributed by atoms with Crippen LogP contribution in [0.1, 0.15) is 32.2 Å². The molecule has 5 nitrogen and oxygen atoms in total. The number of aryl methyl sites for hydroxylation is 1. The molecule has 0 saturated carbocycles. The molecule has 1 aliphatic rings. The Kier molecular flexibility index (Phi) is 4.60. The first kappa shape index (κ1) is 15.2. The minimum Gasteiger partial charge on any atom is -0.338 e. The second kappa shape index (κ2) is 6.06. The van der Waals surface area contributed by atoms with E-state index in [4.69, 9.17) is 10.7 Å². The molecular weight excluding hydrogens is 250 g/mol. The van der Waals surface area contributed by atoms with Crippen molar-refractivity contribution in [1.29, 1.82) is 0 Å². The van der Waals surface area contributed by atoms with Gasteiger partial charge >= 0.3 is 0 Å². The van der Waals surface area contributed by atoms with Crippen LogP contribution in [-0.2, 0) is 5.41 Å². The second-order valence-electron chi connectivity index (χ2n) is 6.56. The molecule has 112 valence electrons. The standard InChI is InChI=1S/C15H27N5/c1-12-11-13(15(2,3)4)18-14(17-12)20-9-7-19(6-5-16)8-10-20/h11H,5-10,16H2,1-4H3. The molecule has 5 heteroatoms. The van der Waals surface area contributed by atoms with Crippen LogP contribution in [0.4, 0.5) is 5.95 Å². The van der Waals surface area contributed by atoms with E-state index in [1.54, 1.807) is 0 Å². The third kappa shape index (κ3) is 3.67. The molecule has 20 heavy (non-hydrogen) atoms. The van der Waals surface area contributed by atoms with Gasteiger partial charge in [0.15, 0.2) is 0 Å². The molecule has 1 fully saturated rings. The molecule has 0 radical (unpaired) electrons. The fraction of sp³-hybridized carbons (Fsp3) is 0.733. The number of piperazine rings is 1. The van der Waals surface area contributed by atoms with Gasteiger partial charge in [-0.2, -0.15) is 0 Å². The highest BCUT2D eigenvalue weighted by Gasteiger charge is 2.22. The number of aromatic nitrogens is 2. The van der Waals surface area contributed by atoms with Crippen molar-refractivity contribution in [2.75, 3.05) is 44.2 Å². The zero-order valence-corrected chi connectivity index (χ0v) is 13.2. The lowest BCUT2D eigenvalue weighted by atomic mass is 9.91. The maximum atomic E-state index is 5.61. The van der Waals surface area contributed by atoms with Crippen molar-refractivity contribution < 1.29 is 0 Å². The highest BCUT2D eigenvalue weighted by atomic mass is 15.3. The molecule has 2 rings (SSSR count). The number of hydrogen-bond donors (Lipinski definition) is 1. The van der Waals surface area contributed by atoms with Gasteiger partial charge in [-0.1, -0.05) is 20.8 Å². The van der Waals surface area contributed by atoms with Crippen molar-refractivity contribution in [3.63, 3.8) is 0 Å². The lowest BCUT2D eigenvalue weighted by Crippen LogP contribution is -2.48. The molecule has 0 aliphatic carbocycles. The van der Waals surface area contributed by atoms with E-state index in [2.05, 4.69) is 41.6 Å². The quantitative estimate of drug-likeness (QED) is 0.898. The van der Waals surface area contributed by atoms with Gasteiger partial charge in [-0.15, -0.1) is 0 Å². The Morgan fingerprint density at radius 3 is 2.35 bits per heavy atom. The van der Waals surface area contributed by atoms with Crippen molar-refractivity contribution in [2.24, 2.45) is 5.73 Å². The summed E-state index contributed by atoms with van der Waals surface area (Å²) < 4.78 is 0. The van der Waals surface area contributed by atoms with Crippen LogP contribution in [0.15, 0.2) is 6.07 Å². The van der Waals surface area contributed by atoms with Crippen LogP contribution in [0.5, 0.6) is 0 Å². The van der Waals surface area contributed by atoms with Gasteiger partial charge in [0, 0.05) is 50.4 Å². The Bertz CT molecular complexity index is 444. The highest BCUT2D eigenvalue weighted by molar-refractivity contribution is 5.34. The maximum absolute atomic E-state index is 5.61. The largest absolute Gasteiger partial charge is 0.338 e. The van der Waals surface area contributed by atoms with Crippen molar-refractivity contribution in [3.05, 3.63) is 17.5 Å². The summed E-state index contributed by atoms with van der Waals surface area (Å²) in [5, 5.41) is 0. The summed E-state index contributed by atoms with van der Waals surface area (Å²) >= 11 is 0. The van der Waals surface area contributed by atoms with Crippen LogP contribution in [0.3, 0.4) is 0 Å². The maximum Gasteiger partial charge on any atom is 0.225 e. The lowest BCUT2D eigenvalue weighted by Gasteiger charge is -2.35. The molecule has 1 aromatic heterocycles. The van der Waals surface area contributed by atoms with Crippen LogP contribution in [0, 0.1) is 6.92 Å². The van der Waals surface area contributed by atoms with E-state index in [1.165, 1.54) is 0 Å². The Hall–Kier alpha value is -1.20. The monoisotopic (exact) mass is 277 g/mol. The molecule has 2 heterocycles. The Morgan fingerprint density at radius 2 is 1.80 bits per heavy atom. The average molecular weight is 277 g/mol.